The maximum absolute atomic E-state index is 12.7. The molecule has 124 valence electrons. The van der Waals surface area contributed by atoms with E-state index in [2.05, 4.69) is 0 Å². The number of nitrogens with zero attached hydrogens (tertiary/aromatic N) is 3. The molecular formula is C16H27N3O3. The summed E-state index contributed by atoms with van der Waals surface area (Å²) < 4.78 is 0. The van der Waals surface area contributed by atoms with Crippen LogP contribution in [0.15, 0.2) is 0 Å². The highest BCUT2D eigenvalue weighted by Gasteiger charge is 2.58. The van der Waals surface area contributed by atoms with Gasteiger partial charge in [-0.05, 0) is 48.0 Å². The highest BCUT2D eigenvalue weighted by atomic mass is 16.7. The molecule has 2 amide bonds. The quantitative estimate of drug-likeness (QED) is 0.728. The van der Waals surface area contributed by atoms with Crippen LogP contribution in [0, 0.1) is 11.3 Å². The number of imide groups is 1. The van der Waals surface area contributed by atoms with Crippen LogP contribution in [0.1, 0.15) is 61.3 Å². The van der Waals surface area contributed by atoms with Gasteiger partial charge in [0.05, 0.1) is 6.07 Å². The van der Waals surface area contributed by atoms with Crippen LogP contribution < -0.4 is 0 Å². The molecule has 0 atom stereocenters. The van der Waals surface area contributed by atoms with E-state index in [0.717, 1.165) is 12.8 Å². The summed E-state index contributed by atoms with van der Waals surface area (Å²) in [5.74, 6) is -0.585. The van der Waals surface area contributed by atoms with Crippen molar-refractivity contribution in [3.8, 4) is 6.07 Å². The van der Waals surface area contributed by atoms with E-state index < -0.39 is 16.7 Å². The zero-order valence-electron chi connectivity index (χ0n) is 14.7. The Hall–Kier alpha value is -1.45. The highest BCUT2D eigenvalue weighted by Crippen LogP contribution is 2.36. The van der Waals surface area contributed by atoms with Crippen molar-refractivity contribution in [1.29, 1.82) is 5.26 Å². The van der Waals surface area contributed by atoms with Crippen LogP contribution in [0.3, 0.4) is 0 Å². The Bertz CT molecular complexity index is 475. The summed E-state index contributed by atoms with van der Waals surface area (Å²) in [6.07, 6.45) is 1.67. The van der Waals surface area contributed by atoms with Gasteiger partial charge in [0, 0.05) is 6.54 Å². The van der Waals surface area contributed by atoms with Gasteiger partial charge in [-0.2, -0.15) is 10.3 Å². The predicted molar refractivity (Wildman–Crippen MR) is 82.4 cm³/mol. The number of hydroxylamine groups is 2. The van der Waals surface area contributed by atoms with Crippen molar-refractivity contribution >= 4 is 11.8 Å². The Kier molecular flexibility index (Phi) is 5.05. The number of amides is 2. The molecule has 1 aliphatic rings. The van der Waals surface area contributed by atoms with Crippen molar-refractivity contribution < 1.29 is 14.4 Å². The second-order valence-electron chi connectivity index (χ2n) is 7.24. The number of hydrogen-bond donors (Lipinski definition) is 0. The molecule has 0 radical (unpaired) electrons. The fourth-order valence-corrected chi connectivity index (χ4v) is 2.62. The second kappa shape index (κ2) is 5.98. The van der Waals surface area contributed by atoms with E-state index in [1.807, 2.05) is 13.0 Å². The zero-order valence-corrected chi connectivity index (χ0v) is 14.7. The molecule has 0 aromatic rings. The van der Waals surface area contributed by atoms with Gasteiger partial charge >= 0.3 is 0 Å². The Morgan fingerprint density at radius 1 is 1.14 bits per heavy atom. The maximum atomic E-state index is 12.7. The van der Waals surface area contributed by atoms with Crippen molar-refractivity contribution in [1.82, 2.24) is 9.96 Å². The SMILES string of the molecule is CCCCN1C(=O)C(C)(C)N(OC(C)(C)C#N)C(C)(C)C1=O. The molecule has 1 rings (SSSR count). The Morgan fingerprint density at radius 2 is 1.59 bits per heavy atom. The number of nitriles is 1. The summed E-state index contributed by atoms with van der Waals surface area (Å²) in [7, 11) is 0. The summed E-state index contributed by atoms with van der Waals surface area (Å²) in [5, 5.41) is 10.6. The first-order valence-electron chi connectivity index (χ1n) is 7.69. The molecule has 22 heavy (non-hydrogen) atoms. The first-order valence-corrected chi connectivity index (χ1v) is 7.69. The number of carbonyl (C=O) groups excluding carboxylic acids is 2. The molecule has 6 heteroatoms. The molecule has 0 bridgehead atoms. The molecule has 0 aromatic carbocycles. The third-order valence-electron chi connectivity index (χ3n) is 3.88. The van der Waals surface area contributed by atoms with Gasteiger partial charge in [-0.1, -0.05) is 13.3 Å². The number of rotatable bonds is 5. The molecule has 1 aliphatic heterocycles. The lowest BCUT2D eigenvalue weighted by atomic mass is 9.88. The summed E-state index contributed by atoms with van der Waals surface area (Å²) in [4.78, 5) is 32.6. The number of piperazine rings is 1. The first kappa shape index (κ1) is 18.6. The summed E-state index contributed by atoms with van der Waals surface area (Å²) in [5.41, 5.74) is -3.18. The molecule has 0 aliphatic carbocycles. The Balaban J connectivity index is 3.23. The average Bonchev–Trinajstić information content (AvgIpc) is 2.43. The molecule has 1 fully saturated rings. The van der Waals surface area contributed by atoms with Crippen LogP contribution in [0.4, 0.5) is 0 Å². The van der Waals surface area contributed by atoms with Crippen molar-refractivity contribution in [2.45, 2.75) is 78.0 Å². The maximum Gasteiger partial charge on any atom is 0.251 e. The normalized spacial score (nSPS) is 21.8. The third kappa shape index (κ3) is 3.16. The van der Waals surface area contributed by atoms with Crippen molar-refractivity contribution in [2.75, 3.05) is 6.54 Å². The van der Waals surface area contributed by atoms with Gasteiger partial charge in [0.25, 0.3) is 11.8 Å². The van der Waals surface area contributed by atoms with Crippen molar-refractivity contribution in [2.24, 2.45) is 0 Å². The Morgan fingerprint density at radius 3 is 1.95 bits per heavy atom. The van der Waals surface area contributed by atoms with Crippen LogP contribution in [0.25, 0.3) is 0 Å². The minimum atomic E-state index is -1.12. The van der Waals surface area contributed by atoms with E-state index in [-0.39, 0.29) is 11.8 Å². The molecule has 6 nitrogen and oxygen atoms in total. The topological polar surface area (TPSA) is 73.6 Å². The number of carbonyl (C=O) groups is 2. The summed E-state index contributed by atoms with van der Waals surface area (Å²) >= 11 is 0. The standard InChI is InChI=1S/C16H27N3O3/c1-8-9-10-18-12(20)15(4,5)19(16(6,7)13(18)21)22-14(2,3)11-17/h8-10H2,1-7H3. The fourth-order valence-electron chi connectivity index (χ4n) is 2.62. The Labute approximate surface area is 133 Å². The van der Waals surface area contributed by atoms with Gasteiger partial charge in [0.1, 0.15) is 11.1 Å². The molecule has 1 heterocycles. The van der Waals surface area contributed by atoms with Crippen LogP contribution in [0.5, 0.6) is 0 Å². The van der Waals surface area contributed by atoms with E-state index in [1.165, 1.54) is 9.96 Å². The minimum absolute atomic E-state index is 0.293. The van der Waals surface area contributed by atoms with Gasteiger partial charge in [0.2, 0.25) is 0 Å². The average molecular weight is 309 g/mol. The molecule has 0 saturated carbocycles. The van der Waals surface area contributed by atoms with Crippen LogP contribution >= 0.6 is 0 Å². The molecule has 0 unspecified atom stereocenters. The van der Waals surface area contributed by atoms with E-state index in [4.69, 9.17) is 4.84 Å². The molecular weight excluding hydrogens is 282 g/mol. The van der Waals surface area contributed by atoms with E-state index in [9.17, 15) is 14.9 Å². The number of hydrogen-bond acceptors (Lipinski definition) is 5. The molecule has 1 saturated heterocycles. The second-order valence-corrected chi connectivity index (χ2v) is 7.24. The van der Waals surface area contributed by atoms with Gasteiger partial charge < -0.3 is 0 Å². The number of unbranched alkanes of at least 4 members (excludes halogenated alkanes) is 1. The van der Waals surface area contributed by atoms with Crippen LogP contribution in [-0.4, -0.2) is 45.0 Å². The van der Waals surface area contributed by atoms with Crippen molar-refractivity contribution in [3.63, 3.8) is 0 Å². The highest BCUT2D eigenvalue weighted by molar-refractivity contribution is 6.05. The van der Waals surface area contributed by atoms with Gasteiger partial charge in [-0.25, -0.2) is 0 Å². The monoisotopic (exact) mass is 309 g/mol. The van der Waals surface area contributed by atoms with E-state index in [0.29, 0.717) is 6.54 Å². The van der Waals surface area contributed by atoms with Gasteiger partial charge in [-0.15, -0.1) is 0 Å². The van der Waals surface area contributed by atoms with Crippen LogP contribution in [-0.2, 0) is 14.4 Å². The van der Waals surface area contributed by atoms with Crippen LogP contribution in [0.2, 0.25) is 0 Å². The lowest BCUT2D eigenvalue weighted by Crippen LogP contribution is -2.74. The van der Waals surface area contributed by atoms with E-state index >= 15 is 0 Å². The fraction of sp³-hybridized carbons (Fsp3) is 0.812. The smallest absolute Gasteiger partial charge is 0.251 e. The molecule has 0 aromatic heterocycles. The van der Waals surface area contributed by atoms with Gasteiger partial charge in [0.15, 0.2) is 5.60 Å². The largest absolute Gasteiger partial charge is 0.279 e. The summed E-state index contributed by atoms with van der Waals surface area (Å²) in [6, 6.07) is 2.04. The molecule has 0 spiro atoms. The van der Waals surface area contributed by atoms with Gasteiger partial charge in [-0.3, -0.25) is 19.3 Å². The third-order valence-corrected chi connectivity index (χ3v) is 3.88. The zero-order chi connectivity index (χ0) is 17.3. The van der Waals surface area contributed by atoms with Crippen molar-refractivity contribution in [3.05, 3.63) is 0 Å². The minimum Gasteiger partial charge on any atom is -0.279 e. The lowest BCUT2D eigenvalue weighted by Gasteiger charge is -2.53. The molecule has 0 N–H and O–H groups in total. The summed E-state index contributed by atoms with van der Waals surface area (Å²) in [6.45, 7) is 12.5. The first-order chi connectivity index (χ1) is 9.91. The lowest BCUT2D eigenvalue weighted by molar-refractivity contribution is -0.302. The predicted octanol–water partition coefficient (Wildman–Crippen LogP) is 2.25. The van der Waals surface area contributed by atoms with E-state index in [1.54, 1.807) is 41.5 Å².